The molecule has 1 aromatic carbocycles. The normalized spacial score (nSPS) is 18.1. The van der Waals surface area contributed by atoms with Gasteiger partial charge < -0.3 is 0 Å². The minimum absolute atomic E-state index is 0.00105. The van der Waals surface area contributed by atoms with Gasteiger partial charge in [-0.05, 0) is 33.4 Å². The molecule has 2 unspecified atom stereocenters. The van der Waals surface area contributed by atoms with E-state index in [4.69, 9.17) is 0 Å². The van der Waals surface area contributed by atoms with Gasteiger partial charge in [-0.25, -0.2) is 4.68 Å². The van der Waals surface area contributed by atoms with Gasteiger partial charge in [0.1, 0.15) is 6.04 Å². The van der Waals surface area contributed by atoms with E-state index in [1.165, 1.54) is 16.0 Å². The van der Waals surface area contributed by atoms with Gasteiger partial charge in [0.05, 0.1) is 18.3 Å². The molecular weight excluding hydrogens is 382 g/mol. The number of H-pyrrole nitrogens is 1. The minimum atomic E-state index is -0.00105. The fraction of sp³-hybridized carbons (Fsp3) is 0.333. The Morgan fingerprint density at radius 3 is 2.72 bits per heavy atom. The van der Waals surface area contributed by atoms with Crippen LogP contribution in [0.2, 0.25) is 0 Å². The van der Waals surface area contributed by atoms with Crippen LogP contribution < -0.4 is 0 Å². The molecule has 3 aromatic heterocycles. The minimum Gasteiger partial charge on any atom is -0.285 e. The van der Waals surface area contributed by atoms with Gasteiger partial charge >= 0.3 is 0 Å². The Morgan fingerprint density at radius 2 is 1.97 bits per heavy atom. The average molecular weight is 406 g/mol. The summed E-state index contributed by atoms with van der Waals surface area (Å²) in [6.07, 6.45) is 2.05. The second-order valence-electron chi connectivity index (χ2n) is 7.61. The van der Waals surface area contributed by atoms with E-state index in [9.17, 15) is 0 Å². The SMILES string of the molecule is CC(C)c1n[nH]cc1C(c1ccccc1)N1CCn2nnnc2C1c1cccs1. The van der Waals surface area contributed by atoms with Crippen molar-refractivity contribution in [3.63, 3.8) is 0 Å². The van der Waals surface area contributed by atoms with E-state index in [0.29, 0.717) is 5.92 Å². The van der Waals surface area contributed by atoms with Crippen molar-refractivity contribution in [1.29, 1.82) is 0 Å². The molecule has 5 rings (SSSR count). The van der Waals surface area contributed by atoms with Crippen LogP contribution in [0.25, 0.3) is 0 Å². The lowest BCUT2D eigenvalue weighted by atomic mass is 9.92. The maximum Gasteiger partial charge on any atom is 0.173 e. The Bertz CT molecular complexity index is 1070. The van der Waals surface area contributed by atoms with Crippen molar-refractivity contribution in [1.82, 2.24) is 35.3 Å². The van der Waals surface area contributed by atoms with Crippen LogP contribution in [0, 0.1) is 0 Å². The first-order valence-corrected chi connectivity index (χ1v) is 10.8. The number of rotatable bonds is 5. The molecule has 4 heterocycles. The molecule has 7 nitrogen and oxygen atoms in total. The van der Waals surface area contributed by atoms with Crippen LogP contribution in [0.5, 0.6) is 0 Å². The summed E-state index contributed by atoms with van der Waals surface area (Å²) < 4.78 is 1.93. The quantitative estimate of drug-likeness (QED) is 0.547. The molecular formula is C21H23N7S. The van der Waals surface area contributed by atoms with E-state index < -0.39 is 0 Å². The summed E-state index contributed by atoms with van der Waals surface area (Å²) in [5.74, 6) is 1.23. The third-order valence-electron chi connectivity index (χ3n) is 5.51. The molecule has 0 bridgehead atoms. The van der Waals surface area contributed by atoms with Crippen molar-refractivity contribution in [3.8, 4) is 0 Å². The van der Waals surface area contributed by atoms with Crippen molar-refractivity contribution in [2.45, 2.75) is 38.4 Å². The van der Waals surface area contributed by atoms with Crippen molar-refractivity contribution >= 4 is 11.3 Å². The smallest absolute Gasteiger partial charge is 0.173 e. The highest BCUT2D eigenvalue weighted by Crippen LogP contribution is 2.42. The zero-order valence-electron chi connectivity index (χ0n) is 16.4. The molecule has 2 atom stereocenters. The summed E-state index contributed by atoms with van der Waals surface area (Å²) >= 11 is 1.75. The molecule has 1 aliphatic rings. The van der Waals surface area contributed by atoms with Gasteiger partial charge in [0.25, 0.3) is 0 Å². The zero-order valence-corrected chi connectivity index (χ0v) is 17.3. The molecule has 8 heteroatoms. The van der Waals surface area contributed by atoms with Crippen molar-refractivity contribution in [2.24, 2.45) is 0 Å². The van der Waals surface area contributed by atoms with Crippen molar-refractivity contribution in [2.75, 3.05) is 6.54 Å². The molecule has 0 saturated carbocycles. The topological polar surface area (TPSA) is 75.5 Å². The summed E-state index contributed by atoms with van der Waals surface area (Å²) in [5, 5.41) is 22.4. The van der Waals surface area contributed by atoms with Crippen LogP contribution in [0.4, 0.5) is 0 Å². The standard InChI is InChI=1S/C21H23N7S/c1-14(2)18-16(13-22-23-18)19(15-7-4-3-5-8-15)27-10-11-28-21(24-25-26-28)20(27)17-9-6-12-29-17/h3-9,12-14,19-20H,10-11H2,1-2H3,(H,22,23). The number of fused-ring (bicyclic) bond motifs is 1. The van der Waals surface area contributed by atoms with Gasteiger partial charge in [-0.1, -0.05) is 50.2 Å². The first-order chi connectivity index (χ1) is 14.2. The van der Waals surface area contributed by atoms with E-state index >= 15 is 0 Å². The summed E-state index contributed by atoms with van der Waals surface area (Å²) in [6.45, 7) is 6.00. The van der Waals surface area contributed by atoms with E-state index in [1.54, 1.807) is 11.3 Å². The first kappa shape index (κ1) is 18.2. The molecule has 0 fully saturated rings. The Morgan fingerprint density at radius 1 is 1.10 bits per heavy atom. The monoisotopic (exact) mass is 405 g/mol. The van der Waals surface area contributed by atoms with Gasteiger partial charge in [0.2, 0.25) is 0 Å². The van der Waals surface area contributed by atoms with Gasteiger partial charge in [-0.15, -0.1) is 16.4 Å². The molecule has 29 heavy (non-hydrogen) atoms. The molecule has 148 valence electrons. The second kappa shape index (κ2) is 7.53. The van der Waals surface area contributed by atoms with Crippen LogP contribution in [0.1, 0.15) is 59.4 Å². The first-order valence-electron chi connectivity index (χ1n) is 9.87. The molecule has 1 N–H and O–H groups in total. The predicted octanol–water partition coefficient (Wildman–Crippen LogP) is 3.78. The second-order valence-corrected chi connectivity index (χ2v) is 8.59. The van der Waals surface area contributed by atoms with Crippen molar-refractivity contribution in [3.05, 3.63) is 81.6 Å². The summed E-state index contributed by atoms with van der Waals surface area (Å²) in [7, 11) is 0. The highest BCUT2D eigenvalue weighted by atomic mass is 32.1. The highest BCUT2D eigenvalue weighted by molar-refractivity contribution is 7.10. The van der Waals surface area contributed by atoms with Crippen LogP contribution in [0.15, 0.2) is 54.0 Å². The van der Waals surface area contributed by atoms with Crippen molar-refractivity contribution < 1.29 is 0 Å². The molecule has 0 aliphatic carbocycles. The molecule has 4 aromatic rings. The number of tetrazole rings is 1. The Balaban J connectivity index is 1.68. The van der Waals surface area contributed by atoms with Crippen LogP contribution in [-0.2, 0) is 6.54 Å². The number of aromatic amines is 1. The average Bonchev–Trinajstić information content (AvgIpc) is 3.50. The molecule has 0 radical (unpaired) electrons. The lowest BCUT2D eigenvalue weighted by Crippen LogP contribution is -2.42. The Labute approximate surface area is 173 Å². The van der Waals surface area contributed by atoms with Crippen LogP contribution >= 0.6 is 11.3 Å². The number of hydrogen-bond donors (Lipinski definition) is 1. The maximum atomic E-state index is 4.58. The number of benzene rings is 1. The number of nitrogens with one attached hydrogen (secondary N) is 1. The van der Waals surface area contributed by atoms with E-state index in [0.717, 1.165) is 24.6 Å². The third kappa shape index (κ3) is 3.18. The van der Waals surface area contributed by atoms with Gasteiger partial charge in [-0.2, -0.15) is 5.10 Å². The van der Waals surface area contributed by atoms with Gasteiger partial charge in [-0.3, -0.25) is 10.00 Å². The fourth-order valence-corrected chi connectivity index (χ4v) is 5.09. The van der Waals surface area contributed by atoms with Crippen LogP contribution in [-0.4, -0.2) is 41.8 Å². The summed E-state index contributed by atoms with van der Waals surface area (Å²) in [5.41, 5.74) is 3.57. The van der Waals surface area contributed by atoms with E-state index in [2.05, 4.69) is 98.5 Å². The number of thiophene rings is 1. The van der Waals surface area contributed by atoms with E-state index in [1.807, 2.05) is 4.68 Å². The molecule has 1 aliphatic heterocycles. The molecule has 0 saturated heterocycles. The lowest BCUT2D eigenvalue weighted by molar-refractivity contribution is 0.137. The largest absolute Gasteiger partial charge is 0.285 e. The summed E-state index contributed by atoms with van der Waals surface area (Å²) in [4.78, 5) is 3.76. The fourth-order valence-electron chi connectivity index (χ4n) is 4.25. The van der Waals surface area contributed by atoms with Crippen LogP contribution in [0.3, 0.4) is 0 Å². The maximum absolute atomic E-state index is 4.58. The molecule has 0 spiro atoms. The highest BCUT2D eigenvalue weighted by Gasteiger charge is 2.39. The Hall–Kier alpha value is -2.84. The van der Waals surface area contributed by atoms with Gasteiger partial charge in [0.15, 0.2) is 5.82 Å². The van der Waals surface area contributed by atoms with Gasteiger partial charge in [0, 0.05) is 23.2 Å². The predicted molar refractivity (Wildman–Crippen MR) is 112 cm³/mol. The third-order valence-corrected chi connectivity index (χ3v) is 6.43. The Kier molecular flexibility index (Phi) is 4.73. The number of aromatic nitrogens is 6. The number of hydrogen-bond acceptors (Lipinski definition) is 6. The summed E-state index contributed by atoms with van der Waals surface area (Å²) in [6, 6.07) is 15.0. The molecule has 0 amide bonds. The lowest BCUT2D eigenvalue weighted by Gasteiger charge is -2.40. The number of nitrogens with zero attached hydrogens (tertiary/aromatic N) is 6. The van der Waals surface area contributed by atoms with E-state index in [-0.39, 0.29) is 12.1 Å². The zero-order chi connectivity index (χ0) is 19.8.